The van der Waals surface area contributed by atoms with Crippen LogP contribution in [0.5, 0.6) is 5.75 Å². The van der Waals surface area contributed by atoms with Crippen LogP contribution in [0.3, 0.4) is 0 Å². The molecular weight excluding hydrogens is 384 g/mol. The second kappa shape index (κ2) is 8.76. The number of benzene rings is 2. The van der Waals surface area contributed by atoms with Gasteiger partial charge in [-0.2, -0.15) is 5.26 Å². The zero-order chi connectivity index (χ0) is 20.9. The quantitative estimate of drug-likeness (QED) is 0.717. The second-order valence-electron chi connectivity index (χ2n) is 6.51. The number of carbonyl (C=O) groups is 1. The Morgan fingerprint density at radius 1 is 1.21 bits per heavy atom. The van der Waals surface area contributed by atoms with Gasteiger partial charge in [-0.3, -0.25) is 4.79 Å². The van der Waals surface area contributed by atoms with Crippen molar-refractivity contribution in [3.05, 3.63) is 59.2 Å². The summed E-state index contributed by atoms with van der Waals surface area (Å²) in [5.41, 5.74) is -0.0473. The van der Waals surface area contributed by atoms with E-state index in [2.05, 4.69) is 10.6 Å². The molecule has 2 aromatic carbocycles. The Balaban J connectivity index is 2.02. The summed E-state index contributed by atoms with van der Waals surface area (Å²) in [5, 5.41) is 14.8. The third-order valence-corrected chi connectivity index (χ3v) is 4.57. The number of anilines is 1. The first-order valence-electron chi connectivity index (χ1n) is 8.31. The van der Waals surface area contributed by atoms with Gasteiger partial charge in [-0.05, 0) is 55.9 Å². The summed E-state index contributed by atoms with van der Waals surface area (Å²) in [6.07, 6.45) is 0. The fraction of sp³-hybridized carbons (Fsp3) is 0.250. The molecule has 2 aromatic rings. The van der Waals surface area contributed by atoms with Crippen LogP contribution in [-0.4, -0.2) is 24.6 Å². The molecular formula is C20H19F2N3O2S. The zero-order valence-corrected chi connectivity index (χ0v) is 16.4. The Bertz CT molecular complexity index is 955. The highest BCUT2D eigenvalue weighted by Crippen LogP contribution is 2.26. The highest BCUT2D eigenvalue weighted by molar-refractivity contribution is 7.80. The minimum Gasteiger partial charge on any atom is -0.494 e. The fourth-order valence-corrected chi connectivity index (χ4v) is 2.65. The summed E-state index contributed by atoms with van der Waals surface area (Å²) in [6, 6.07) is 9.95. The van der Waals surface area contributed by atoms with Crippen molar-refractivity contribution in [2.75, 3.05) is 19.0 Å². The third-order valence-electron chi connectivity index (χ3n) is 4.32. The van der Waals surface area contributed by atoms with E-state index >= 15 is 0 Å². The molecule has 0 spiro atoms. The van der Waals surface area contributed by atoms with Gasteiger partial charge in [0.05, 0.1) is 24.6 Å². The number of hydrogen-bond donors (Lipinski definition) is 2. The Morgan fingerprint density at radius 3 is 2.54 bits per heavy atom. The molecule has 8 heteroatoms. The monoisotopic (exact) mass is 403 g/mol. The number of ether oxygens (including phenoxy) is 1. The highest BCUT2D eigenvalue weighted by atomic mass is 32.1. The maximum absolute atomic E-state index is 13.5. The number of Topliss-reactive ketones (excluding diaryl/α,β-unsaturated/α-hetero) is 1. The van der Waals surface area contributed by atoms with Crippen molar-refractivity contribution in [1.82, 2.24) is 5.32 Å². The Hall–Kier alpha value is -3.05. The SMILES string of the molecule is COc1cc(NC(=S)NCC(=O)C(C)(C)c2ccc(F)c(C#N)c2)ccc1F. The van der Waals surface area contributed by atoms with Gasteiger partial charge in [0.15, 0.2) is 22.5 Å². The third kappa shape index (κ3) is 4.81. The number of nitrogens with zero attached hydrogens (tertiary/aromatic N) is 1. The summed E-state index contributed by atoms with van der Waals surface area (Å²) in [5.74, 6) is -1.27. The number of ketones is 1. The maximum atomic E-state index is 13.5. The molecule has 0 bridgehead atoms. The number of rotatable bonds is 6. The van der Waals surface area contributed by atoms with Gasteiger partial charge < -0.3 is 15.4 Å². The van der Waals surface area contributed by atoms with E-state index in [1.165, 1.54) is 43.5 Å². The van der Waals surface area contributed by atoms with E-state index in [1.54, 1.807) is 19.9 Å². The van der Waals surface area contributed by atoms with Gasteiger partial charge >= 0.3 is 0 Å². The van der Waals surface area contributed by atoms with Gasteiger partial charge in [0, 0.05) is 11.8 Å². The molecule has 0 atom stereocenters. The standard InChI is InChI=1S/C20H19F2N3O2S/c1-20(2,13-4-6-15(21)12(8-13)10-23)18(26)11-24-19(28)25-14-5-7-16(22)17(9-14)27-3/h4-9H,11H2,1-3H3,(H2,24,25,28). The molecule has 0 aromatic heterocycles. The van der Waals surface area contributed by atoms with E-state index in [1.807, 2.05) is 0 Å². The van der Waals surface area contributed by atoms with Gasteiger partial charge in [-0.25, -0.2) is 8.78 Å². The van der Waals surface area contributed by atoms with E-state index < -0.39 is 17.0 Å². The topological polar surface area (TPSA) is 74.2 Å². The van der Waals surface area contributed by atoms with Crippen LogP contribution in [-0.2, 0) is 10.2 Å². The lowest BCUT2D eigenvalue weighted by molar-refractivity contribution is -0.122. The predicted molar refractivity (Wildman–Crippen MR) is 106 cm³/mol. The van der Waals surface area contributed by atoms with Crippen molar-refractivity contribution in [3.63, 3.8) is 0 Å². The van der Waals surface area contributed by atoms with Crippen LogP contribution >= 0.6 is 12.2 Å². The number of nitriles is 1. The molecule has 0 aliphatic heterocycles. The average molecular weight is 403 g/mol. The number of nitrogens with one attached hydrogen (secondary N) is 2. The fourth-order valence-electron chi connectivity index (χ4n) is 2.46. The normalized spacial score (nSPS) is 10.7. The van der Waals surface area contributed by atoms with Gasteiger partial charge in [0.25, 0.3) is 0 Å². The molecule has 0 saturated carbocycles. The van der Waals surface area contributed by atoms with E-state index in [0.717, 1.165) is 0 Å². The van der Waals surface area contributed by atoms with Crippen LogP contribution in [0.1, 0.15) is 25.0 Å². The lowest BCUT2D eigenvalue weighted by Gasteiger charge is -2.24. The molecule has 0 unspecified atom stereocenters. The summed E-state index contributed by atoms with van der Waals surface area (Å²) in [7, 11) is 1.35. The summed E-state index contributed by atoms with van der Waals surface area (Å²) in [4.78, 5) is 12.7. The molecule has 0 fully saturated rings. The average Bonchev–Trinajstić information content (AvgIpc) is 2.67. The molecule has 2 rings (SSSR count). The van der Waals surface area contributed by atoms with E-state index in [9.17, 15) is 13.6 Å². The van der Waals surface area contributed by atoms with Gasteiger partial charge in [-0.1, -0.05) is 6.07 Å². The van der Waals surface area contributed by atoms with Crippen molar-refractivity contribution in [2.24, 2.45) is 0 Å². The smallest absolute Gasteiger partial charge is 0.171 e. The molecule has 146 valence electrons. The largest absolute Gasteiger partial charge is 0.494 e. The van der Waals surface area contributed by atoms with Crippen LogP contribution in [0.15, 0.2) is 36.4 Å². The summed E-state index contributed by atoms with van der Waals surface area (Å²) >= 11 is 5.16. The van der Waals surface area contributed by atoms with Crippen molar-refractivity contribution in [2.45, 2.75) is 19.3 Å². The predicted octanol–water partition coefficient (Wildman–Crippen LogP) is 3.68. The Kier molecular flexibility index (Phi) is 6.65. The van der Waals surface area contributed by atoms with Crippen LogP contribution in [0.2, 0.25) is 0 Å². The highest BCUT2D eigenvalue weighted by Gasteiger charge is 2.30. The molecule has 0 aliphatic rings. The Morgan fingerprint density at radius 2 is 1.89 bits per heavy atom. The van der Waals surface area contributed by atoms with Gasteiger partial charge in [0.2, 0.25) is 0 Å². The lowest BCUT2D eigenvalue weighted by atomic mass is 9.80. The minimum atomic E-state index is -0.957. The van der Waals surface area contributed by atoms with Crippen molar-refractivity contribution < 1.29 is 18.3 Å². The molecule has 5 nitrogen and oxygen atoms in total. The second-order valence-corrected chi connectivity index (χ2v) is 6.92. The van der Waals surface area contributed by atoms with Crippen LogP contribution in [0, 0.1) is 23.0 Å². The van der Waals surface area contributed by atoms with Gasteiger partial charge in [-0.15, -0.1) is 0 Å². The van der Waals surface area contributed by atoms with Gasteiger partial charge in [0.1, 0.15) is 11.9 Å². The molecule has 0 aliphatic carbocycles. The first-order chi connectivity index (χ1) is 13.2. The van der Waals surface area contributed by atoms with Crippen molar-refractivity contribution in [1.29, 1.82) is 5.26 Å². The van der Waals surface area contributed by atoms with Crippen molar-refractivity contribution >= 4 is 28.8 Å². The summed E-state index contributed by atoms with van der Waals surface area (Å²) in [6.45, 7) is 3.29. The van der Waals surface area contributed by atoms with E-state index in [-0.39, 0.29) is 28.8 Å². The molecule has 2 N–H and O–H groups in total. The zero-order valence-electron chi connectivity index (χ0n) is 15.6. The van der Waals surface area contributed by atoms with Crippen molar-refractivity contribution in [3.8, 4) is 11.8 Å². The first kappa shape index (κ1) is 21.3. The maximum Gasteiger partial charge on any atom is 0.171 e. The molecule has 0 saturated heterocycles. The molecule has 0 heterocycles. The molecule has 0 radical (unpaired) electrons. The molecule has 28 heavy (non-hydrogen) atoms. The summed E-state index contributed by atoms with van der Waals surface area (Å²) < 4.78 is 31.9. The van der Waals surface area contributed by atoms with Crippen LogP contribution < -0.4 is 15.4 Å². The minimum absolute atomic E-state index is 0.0645. The van der Waals surface area contributed by atoms with E-state index in [4.69, 9.17) is 22.2 Å². The number of carbonyl (C=O) groups excluding carboxylic acids is 1. The number of hydrogen-bond acceptors (Lipinski definition) is 4. The lowest BCUT2D eigenvalue weighted by Crippen LogP contribution is -2.40. The number of halogens is 2. The van der Waals surface area contributed by atoms with E-state index in [0.29, 0.717) is 11.3 Å². The Labute approximate surface area is 167 Å². The first-order valence-corrected chi connectivity index (χ1v) is 8.71. The number of thiocarbonyl (C=S) groups is 1. The van der Waals surface area contributed by atoms with Crippen LogP contribution in [0.4, 0.5) is 14.5 Å². The molecule has 0 amide bonds. The van der Waals surface area contributed by atoms with Crippen LogP contribution in [0.25, 0.3) is 0 Å². The number of methoxy groups -OCH3 is 1.